The molecule has 0 aliphatic carbocycles. The van der Waals surface area contributed by atoms with E-state index in [9.17, 15) is 4.79 Å². The number of benzene rings is 2. The smallest absolute Gasteiger partial charge is 0.324 e. The van der Waals surface area contributed by atoms with Crippen LogP contribution in [-0.4, -0.2) is 41.2 Å². The zero-order valence-corrected chi connectivity index (χ0v) is 17.7. The quantitative estimate of drug-likeness (QED) is 0.493. The van der Waals surface area contributed by atoms with E-state index in [1.54, 1.807) is 7.11 Å². The van der Waals surface area contributed by atoms with Gasteiger partial charge in [0, 0.05) is 24.6 Å². The number of hydrogen-bond donors (Lipinski definition) is 1. The molecule has 1 fully saturated rings. The van der Waals surface area contributed by atoms with Gasteiger partial charge in [-0.15, -0.1) is 0 Å². The second kappa shape index (κ2) is 8.70. The normalized spacial score (nSPS) is 14.6. The van der Waals surface area contributed by atoms with E-state index in [2.05, 4.69) is 20.4 Å². The molecule has 5 rings (SSSR count). The van der Waals surface area contributed by atoms with Crippen molar-refractivity contribution in [1.82, 2.24) is 20.4 Å². The first kappa shape index (κ1) is 20.0. The lowest BCUT2D eigenvalue weighted by atomic mass is 9.96. The van der Waals surface area contributed by atoms with Gasteiger partial charge in [0.15, 0.2) is 5.58 Å². The maximum Gasteiger partial charge on any atom is 0.324 e. The summed E-state index contributed by atoms with van der Waals surface area (Å²) in [6.07, 6.45) is 1.42. The van der Waals surface area contributed by atoms with Gasteiger partial charge < -0.3 is 23.9 Å². The van der Waals surface area contributed by atoms with Gasteiger partial charge in [-0.3, -0.25) is 4.79 Å². The molecular weight excluding hydrogens is 410 g/mol. The molecule has 32 heavy (non-hydrogen) atoms. The number of methoxy groups -OCH3 is 1. The van der Waals surface area contributed by atoms with Crippen molar-refractivity contribution in [1.29, 1.82) is 0 Å². The van der Waals surface area contributed by atoms with Gasteiger partial charge in [-0.2, -0.15) is 4.98 Å². The van der Waals surface area contributed by atoms with Crippen LogP contribution in [0.25, 0.3) is 22.5 Å². The highest BCUT2D eigenvalue weighted by Crippen LogP contribution is 2.26. The molecule has 0 saturated carbocycles. The van der Waals surface area contributed by atoms with Crippen molar-refractivity contribution in [3.8, 4) is 17.1 Å². The van der Waals surface area contributed by atoms with E-state index in [-0.39, 0.29) is 18.4 Å². The maximum atomic E-state index is 12.6. The van der Waals surface area contributed by atoms with Crippen LogP contribution in [0, 0.1) is 5.92 Å². The number of carbonyl (C=O) groups is 1. The largest absolute Gasteiger partial charge is 0.497 e. The van der Waals surface area contributed by atoms with Crippen molar-refractivity contribution in [2.24, 2.45) is 5.92 Å². The highest BCUT2D eigenvalue weighted by atomic mass is 16.5. The van der Waals surface area contributed by atoms with Crippen molar-refractivity contribution in [3.05, 3.63) is 54.4 Å². The molecular formula is C23H23N5O4. The van der Waals surface area contributed by atoms with Crippen molar-refractivity contribution < 1.29 is 18.5 Å². The van der Waals surface area contributed by atoms with Crippen molar-refractivity contribution in [3.63, 3.8) is 0 Å². The van der Waals surface area contributed by atoms with Gasteiger partial charge >= 0.3 is 6.01 Å². The molecule has 0 atom stereocenters. The van der Waals surface area contributed by atoms with Crippen molar-refractivity contribution >= 4 is 23.0 Å². The van der Waals surface area contributed by atoms with E-state index >= 15 is 0 Å². The number of nitrogens with one attached hydrogen (secondary N) is 1. The summed E-state index contributed by atoms with van der Waals surface area (Å²) < 4.78 is 16.3. The monoisotopic (exact) mass is 433 g/mol. The number of carbonyl (C=O) groups excluding carboxylic acids is 1. The van der Waals surface area contributed by atoms with E-state index in [0.717, 1.165) is 22.4 Å². The highest BCUT2D eigenvalue weighted by Gasteiger charge is 2.27. The van der Waals surface area contributed by atoms with E-state index in [4.69, 9.17) is 13.7 Å². The molecule has 0 radical (unpaired) electrons. The van der Waals surface area contributed by atoms with Crippen LogP contribution >= 0.6 is 0 Å². The number of aromatic nitrogens is 3. The summed E-state index contributed by atoms with van der Waals surface area (Å²) in [6.45, 7) is 1.62. The Hall–Kier alpha value is -3.88. The molecule has 1 aliphatic rings. The minimum atomic E-state index is -0.0698. The molecule has 0 spiro atoms. The van der Waals surface area contributed by atoms with Gasteiger partial charge in [-0.25, -0.2) is 4.98 Å². The molecule has 0 unspecified atom stereocenters. The lowest BCUT2D eigenvalue weighted by Gasteiger charge is -2.29. The standard InChI is InChI=1S/C23H23N5O4/c1-30-17-8-6-15(7-9-17)21-26-23(32-27-21)28-12-10-16(11-13-28)22(29)24-14-20-25-18-4-2-3-5-19(18)31-20/h2-9,16H,10-14H2,1H3,(H,24,29). The van der Waals surface area contributed by atoms with Gasteiger partial charge in [0.25, 0.3) is 0 Å². The zero-order chi connectivity index (χ0) is 21.9. The number of hydrogen-bond acceptors (Lipinski definition) is 8. The Kier molecular flexibility index (Phi) is 5.45. The Bertz CT molecular complexity index is 1180. The van der Waals surface area contributed by atoms with Crippen LogP contribution in [0.3, 0.4) is 0 Å². The second-order valence-corrected chi connectivity index (χ2v) is 7.68. The van der Waals surface area contributed by atoms with E-state index in [0.29, 0.717) is 43.7 Å². The summed E-state index contributed by atoms with van der Waals surface area (Å²) in [4.78, 5) is 23.5. The minimum Gasteiger partial charge on any atom is -0.497 e. The van der Waals surface area contributed by atoms with E-state index in [1.807, 2.05) is 53.4 Å². The molecule has 3 heterocycles. The Morgan fingerprint density at radius 2 is 1.91 bits per heavy atom. The number of anilines is 1. The van der Waals surface area contributed by atoms with Crippen LogP contribution in [-0.2, 0) is 11.3 Å². The predicted octanol–water partition coefficient (Wildman–Crippen LogP) is 3.42. The highest BCUT2D eigenvalue weighted by molar-refractivity contribution is 5.79. The maximum absolute atomic E-state index is 12.6. The molecule has 1 N–H and O–H groups in total. The summed E-state index contributed by atoms with van der Waals surface area (Å²) >= 11 is 0. The first-order valence-corrected chi connectivity index (χ1v) is 10.5. The molecule has 2 aromatic heterocycles. The van der Waals surface area contributed by atoms with E-state index < -0.39 is 0 Å². The average molecular weight is 433 g/mol. The lowest BCUT2D eigenvalue weighted by Crippen LogP contribution is -2.40. The third-order valence-corrected chi connectivity index (χ3v) is 5.65. The number of oxazole rings is 1. The summed E-state index contributed by atoms with van der Waals surface area (Å²) in [5.74, 6) is 1.75. The first-order chi connectivity index (χ1) is 15.7. The third-order valence-electron chi connectivity index (χ3n) is 5.65. The Balaban J connectivity index is 1.14. The summed E-state index contributed by atoms with van der Waals surface area (Å²) in [7, 11) is 1.63. The number of amides is 1. The third kappa shape index (κ3) is 4.14. The number of ether oxygens (including phenoxy) is 1. The van der Waals surface area contributed by atoms with Crippen LogP contribution in [0.1, 0.15) is 18.7 Å². The van der Waals surface area contributed by atoms with Gasteiger partial charge in [0.2, 0.25) is 17.6 Å². The summed E-state index contributed by atoms with van der Waals surface area (Å²) in [5.41, 5.74) is 2.37. The summed E-state index contributed by atoms with van der Waals surface area (Å²) in [5, 5.41) is 7.03. The molecule has 4 aromatic rings. The van der Waals surface area contributed by atoms with Crippen molar-refractivity contribution in [2.45, 2.75) is 19.4 Å². The van der Waals surface area contributed by atoms with E-state index in [1.165, 1.54) is 0 Å². The Morgan fingerprint density at radius 1 is 1.12 bits per heavy atom. The van der Waals surface area contributed by atoms with Gasteiger partial charge in [0.05, 0.1) is 13.7 Å². The van der Waals surface area contributed by atoms with Crippen molar-refractivity contribution in [2.75, 3.05) is 25.1 Å². The molecule has 1 amide bonds. The molecule has 1 aliphatic heterocycles. The molecule has 9 nitrogen and oxygen atoms in total. The molecule has 1 saturated heterocycles. The Labute approximate surface area is 184 Å². The fraction of sp³-hybridized carbons (Fsp3) is 0.304. The summed E-state index contributed by atoms with van der Waals surface area (Å²) in [6, 6.07) is 15.5. The Morgan fingerprint density at radius 3 is 2.66 bits per heavy atom. The first-order valence-electron chi connectivity index (χ1n) is 10.5. The zero-order valence-electron chi connectivity index (χ0n) is 17.7. The fourth-order valence-electron chi connectivity index (χ4n) is 3.84. The average Bonchev–Trinajstić information content (AvgIpc) is 3.50. The fourth-order valence-corrected chi connectivity index (χ4v) is 3.84. The number of piperidine rings is 1. The van der Waals surface area contributed by atoms with Gasteiger partial charge in [-0.05, 0) is 49.2 Å². The van der Waals surface area contributed by atoms with Crippen LogP contribution in [0.2, 0.25) is 0 Å². The van der Waals surface area contributed by atoms with Gasteiger partial charge in [0.1, 0.15) is 11.3 Å². The van der Waals surface area contributed by atoms with Crippen LogP contribution in [0.5, 0.6) is 5.75 Å². The van der Waals surface area contributed by atoms with Crippen LogP contribution < -0.4 is 15.0 Å². The molecule has 2 aromatic carbocycles. The topological polar surface area (TPSA) is 107 Å². The SMILES string of the molecule is COc1ccc(-c2noc(N3CCC(C(=O)NCc4nc5ccccc5o4)CC3)n2)cc1. The second-order valence-electron chi connectivity index (χ2n) is 7.68. The van der Waals surface area contributed by atoms with Gasteiger partial charge in [-0.1, -0.05) is 17.3 Å². The number of para-hydroxylation sites is 2. The number of rotatable bonds is 6. The molecule has 9 heteroatoms. The molecule has 0 bridgehead atoms. The minimum absolute atomic E-state index is 0.0105. The van der Waals surface area contributed by atoms with Crippen LogP contribution in [0.4, 0.5) is 6.01 Å². The molecule has 164 valence electrons. The predicted molar refractivity (Wildman–Crippen MR) is 117 cm³/mol. The lowest BCUT2D eigenvalue weighted by molar-refractivity contribution is -0.125. The van der Waals surface area contributed by atoms with Crippen LogP contribution in [0.15, 0.2) is 57.5 Å². The number of fused-ring (bicyclic) bond motifs is 1. The number of nitrogens with zero attached hydrogens (tertiary/aromatic N) is 4.